The minimum atomic E-state index is -1.04. The Hall–Kier alpha value is -2.89. The van der Waals surface area contributed by atoms with E-state index in [9.17, 15) is 14.9 Å². The molecule has 108 valence electrons. The summed E-state index contributed by atoms with van der Waals surface area (Å²) in [6, 6.07) is 8.96. The molecule has 0 aliphatic heterocycles. The van der Waals surface area contributed by atoms with Gasteiger partial charge in [0.15, 0.2) is 0 Å². The molecule has 6 heteroatoms. The van der Waals surface area contributed by atoms with Crippen molar-refractivity contribution >= 4 is 11.7 Å². The van der Waals surface area contributed by atoms with Crippen molar-refractivity contribution in [3.63, 3.8) is 0 Å². The maximum atomic E-state index is 11.0. The molecule has 2 rings (SSSR count). The third kappa shape index (κ3) is 3.17. The van der Waals surface area contributed by atoms with Crippen molar-refractivity contribution in [1.29, 1.82) is 0 Å². The van der Waals surface area contributed by atoms with Crippen LogP contribution >= 0.6 is 0 Å². The average Bonchev–Trinajstić information content (AvgIpc) is 2.40. The Labute approximate surface area is 120 Å². The standard InChI is InChI=1S/C15H13NO5/c1-9-3-4-11(15(17)18)8-14(9)21-12-5-6-13(16(19)20)10(2)7-12/h3-8H,1-2H3,(H,17,18). The number of aromatic carboxylic acids is 1. The minimum absolute atomic E-state index is 0.0124. The minimum Gasteiger partial charge on any atom is -0.478 e. The highest BCUT2D eigenvalue weighted by molar-refractivity contribution is 5.88. The first kappa shape index (κ1) is 14.5. The van der Waals surface area contributed by atoms with E-state index < -0.39 is 10.9 Å². The number of nitrogens with zero attached hydrogens (tertiary/aromatic N) is 1. The van der Waals surface area contributed by atoms with Gasteiger partial charge in [0.1, 0.15) is 11.5 Å². The third-order valence-electron chi connectivity index (χ3n) is 3.03. The Morgan fingerprint density at radius 3 is 2.43 bits per heavy atom. The second-order valence-electron chi connectivity index (χ2n) is 4.59. The van der Waals surface area contributed by atoms with E-state index in [0.29, 0.717) is 17.1 Å². The van der Waals surface area contributed by atoms with Gasteiger partial charge in [0.2, 0.25) is 0 Å². The molecule has 0 spiro atoms. The van der Waals surface area contributed by atoms with Crippen LogP contribution in [0.2, 0.25) is 0 Å². The summed E-state index contributed by atoms with van der Waals surface area (Å²) in [6.07, 6.45) is 0. The van der Waals surface area contributed by atoms with Crippen molar-refractivity contribution in [1.82, 2.24) is 0 Å². The maximum Gasteiger partial charge on any atom is 0.335 e. The molecule has 0 saturated heterocycles. The first-order valence-corrected chi connectivity index (χ1v) is 6.15. The highest BCUT2D eigenvalue weighted by atomic mass is 16.6. The molecule has 0 aliphatic rings. The van der Waals surface area contributed by atoms with Crippen molar-refractivity contribution in [3.8, 4) is 11.5 Å². The number of hydrogen-bond acceptors (Lipinski definition) is 4. The van der Waals surface area contributed by atoms with E-state index in [0.717, 1.165) is 5.56 Å². The Morgan fingerprint density at radius 2 is 1.86 bits per heavy atom. The highest BCUT2D eigenvalue weighted by Gasteiger charge is 2.12. The number of benzene rings is 2. The zero-order valence-corrected chi connectivity index (χ0v) is 11.5. The molecule has 0 amide bonds. The van der Waals surface area contributed by atoms with Crippen LogP contribution in [0.5, 0.6) is 11.5 Å². The Kier molecular flexibility index (Phi) is 3.89. The van der Waals surface area contributed by atoms with Gasteiger partial charge in [-0.15, -0.1) is 0 Å². The van der Waals surface area contributed by atoms with Gasteiger partial charge in [-0.05, 0) is 43.7 Å². The van der Waals surface area contributed by atoms with Crippen molar-refractivity contribution in [3.05, 3.63) is 63.2 Å². The fourth-order valence-electron chi connectivity index (χ4n) is 1.87. The maximum absolute atomic E-state index is 11.0. The van der Waals surface area contributed by atoms with Crippen LogP contribution in [0.1, 0.15) is 21.5 Å². The van der Waals surface area contributed by atoms with Gasteiger partial charge in [-0.25, -0.2) is 4.79 Å². The summed E-state index contributed by atoms with van der Waals surface area (Å²) in [4.78, 5) is 21.3. The van der Waals surface area contributed by atoms with E-state index in [-0.39, 0.29) is 11.3 Å². The molecule has 2 aromatic carbocycles. The molecule has 0 unspecified atom stereocenters. The van der Waals surface area contributed by atoms with Gasteiger partial charge in [0, 0.05) is 11.6 Å². The van der Waals surface area contributed by atoms with Crippen LogP contribution in [0.4, 0.5) is 5.69 Å². The number of aryl methyl sites for hydroxylation is 2. The largest absolute Gasteiger partial charge is 0.478 e. The molecule has 0 bridgehead atoms. The number of nitro groups is 1. The van der Waals surface area contributed by atoms with E-state index >= 15 is 0 Å². The Balaban J connectivity index is 2.34. The van der Waals surface area contributed by atoms with Crippen molar-refractivity contribution in [2.75, 3.05) is 0 Å². The number of carbonyl (C=O) groups is 1. The van der Waals surface area contributed by atoms with E-state index in [1.165, 1.54) is 24.3 Å². The van der Waals surface area contributed by atoms with Crippen LogP contribution in [0.15, 0.2) is 36.4 Å². The second-order valence-corrected chi connectivity index (χ2v) is 4.59. The molecule has 0 radical (unpaired) electrons. The van der Waals surface area contributed by atoms with Crippen molar-refractivity contribution in [2.45, 2.75) is 13.8 Å². The number of carboxylic acid groups (broad SMARTS) is 1. The van der Waals surface area contributed by atoms with Crippen LogP contribution < -0.4 is 4.74 Å². The molecule has 0 atom stereocenters. The highest BCUT2D eigenvalue weighted by Crippen LogP contribution is 2.29. The summed E-state index contributed by atoms with van der Waals surface area (Å²) in [5.74, 6) is -0.216. The summed E-state index contributed by atoms with van der Waals surface area (Å²) in [5.41, 5.74) is 1.38. The lowest BCUT2D eigenvalue weighted by molar-refractivity contribution is -0.385. The van der Waals surface area contributed by atoms with Gasteiger partial charge in [-0.3, -0.25) is 10.1 Å². The summed E-state index contributed by atoms with van der Waals surface area (Å²) in [5, 5.41) is 19.7. The van der Waals surface area contributed by atoms with Crippen molar-refractivity contribution < 1.29 is 19.6 Å². The summed E-state index contributed by atoms with van der Waals surface area (Å²) < 4.78 is 5.63. The molecule has 0 fully saturated rings. The topological polar surface area (TPSA) is 89.7 Å². The summed E-state index contributed by atoms with van der Waals surface area (Å²) >= 11 is 0. The van der Waals surface area contributed by atoms with Gasteiger partial charge >= 0.3 is 5.97 Å². The van der Waals surface area contributed by atoms with E-state index in [1.54, 1.807) is 26.0 Å². The molecule has 0 saturated carbocycles. The summed E-state index contributed by atoms with van der Waals surface area (Å²) in [7, 11) is 0. The van der Waals surface area contributed by atoms with Crippen LogP contribution in [-0.2, 0) is 0 Å². The van der Waals surface area contributed by atoms with Crippen molar-refractivity contribution in [2.24, 2.45) is 0 Å². The smallest absolute Gasteiger partial charge is 0.335 e. The quantitative estimate of drug-likeness (QED) is 0.684. The van der Waals surface area contributed by atoms with Crippen LogP contribution in [0, 0.1) is 24.0 Å². The zero-order chi connectivity index (χ0) is 15.6. The molecule has 0 aliphatic carbocycles. The molecule has 2 aromatic rings. The SMILES string of the molecule is Cc1ccc(C(=O)O)cc1Oc1ccc([N+](=O)[O-])c(C)c1. The lowest BCUT2D eigenvalue weighted by Gasteiger charge is -2.10. The van der Waals surface area contributed by atoms with Gasteiger partial charge in [0.05, 0.1) is 10.5 Å². The first-order chi connectivity index (χ1) is 9.88. The molecular weight excluding hydrogens is 274 g/mol. The fraction of sp³-hybridized carbons (Fsp3) is 0.133. The number of carboxylic acids is 1. The third-order valence-corrected chi connectivity index (χ3v) is 3.03. The van der Waals surface area contributed by atoms with Gasteiger partial charge in [-0.1, -0.05) is 6.07 Å². The van der Waals surface area contributed by atoms with Gasteiger partial charge < -0.3 is 9.84 Å². The first-order valence-electron chi connectivity index (χ1n) is 6.15. The summed E-state index contributed by atoms with van der Waals surface area (Å²) in [6.45, 7) is 3.41. The molecular formula is C15H13NO5. The Bertz CT molecular complexity index is 724. The van der Waals surface area contributed by atoms with E-state index in [2.05, 4.69) is 0 Å². The van der Waals surface area contributed by atoms with Crippen LogP contribution in [0.25, 0.3) is 0 Å². The predicted octanol–water partition coefficient (Wildman–Crippen LogP) is 3.70. The van der Waals surface area contributed by atoms with Gasteiger partial charge in [-0.2, -0.15) is 0 Å². The lowest BCUT2D eigenvalue weighted by Crippen LogP contribution is -1.98. The number of ether oxygens (including phenoxy) is 1. The number of rotatable bonds is 4. The van der Waals surface area contributed by atoms with E-state index in [4.69, 9.17) is 9.84 Å². The molecule has 1 N–H and O–H groups in total. The molecule has 0 aromatic heterocycles. The molecule has 0 heterocycles. The van der Waals surface area contributed by atoms with Crippen LogP contribution in [-0.4, -0.2) is 16.0 Å². The normalized spacial score (nSPS) is 10.2. The predicted molar refractivity (Wildman–Crippen MR) is 76.0 cm³/mol. The molecule has 21 heavy (non-hydrogen) atoms. The zero-order valence-electron chi connectivity index (χ0n) is 11.5. The van der Waals surface area contributed by atoms with Gasteiger partial charge in [0.25, 0.3) is 5.69 Å². The number of nitro benzene ring substituents is 1. The monoisotopic (exact) mass is 287 g/mol. The Morgan fingerprint density at radius 1 is 1.14 bits per heavy atom. The van der Waals surface area contributed by atoms with E-state index in [1.807, 2.05) is 0 Å². The molecule has 6 nitrogen and oxygen atoms in total. The average molecular weight is 287 g/mol. The second kappa shape index (κ2) is 5.62. The van der Waals surface area contributed by atoms with Crippen LogP contribution in [0.3, 0.4) is 0 Å². The lowest BCUT2D eigenvalue weighted by atomic mass is 10.1. The number of hydrogen-bond donors (Lipinski definition) is 1. The fourth-order valence-corrected chi connectivity index (χ4v) is 1.87.